The van der Waals surface area contributed by atoms with Gasteiger partial charge in [0.25, 0.3) is 0 Å². The molecule has 0 aromatic heterocycles. The van der Waals surface area contributed by atoms with Gasteiger partial charge in [0.2, 0.25) is 0 Å². The van der Waals surface area contributed by atoms with E-state index < -0.39 is 6.10 Å². The Morgan fingerprint density at radius 2 is 2.17 bits per heavy atom. The van der Waals surface area contributed by atoms with Crippen molar-refractivity contribution in [2.75, 3.05) is 12.4 Å². The first-order chi connectivity index (χ1) is 5.65. The van der Waals surface area contributed by atoms with Crippen LogP contribution in [0.3, 0.4) is 0 Å². The number of hydrogen-bond acceptors (Lipinski definition) is 2. The molecule has 0 amide bonds. The molecule has 66 valence electrons. The molecule has 2 N–H and O–H groups in total. The van der Waals surface area contributed by atoms with Crippen LogP contribution in [-0.2, 0) is 0 Å². The second-order valence-electron chi connectivity index (χ2n) is 2.66. The van der Waals surface area contributed by atoms with Crippen molar-refractivity contribution in [3.05, 3.63) is 29.6 Å². The fraction of sp³-hybridized carbons (Fsp3) is 0.333. The van der Waals surface area contributed by atoms with Crippen LogP contribution in [0.25, 0.3) is 0 Å². The van der Waals surface area contributed by atoms with Crippen molar-refractivity contribution in [1.82, 2.24) is 0 Å². The zero-order chi connectivity index (χ0) is 9.14. The lowest BCUT2D eigenvalue weighted by molar-refractivity contribution is 0.194. The number of halogens is 1. The first-order valence-corrected chi connectivity index (χ1v) is 3.80. The number of anilines is 1. The number of benzene rings is 1. The molecule has 2 nitrogen and oxygen atoms in total. The molecule has 0 saturated carbocycles. The molecule has 0 fully saturated rings. The molecule has 0 spiro atoms. The SMILES string of the molecule is CNc1ccc(F)c(C(C)O)c1. The van der Waals surface area contributed by atoms with Crippen LogP contribution in [0.5, 0.6) is 0 Å². The topological polar surface area (TPSA) is 32.3 Å². The standard InChI is InChI=1S/C9H12FNO/c1-6(12)8-5-7(11-2)3-4-9(8)10/h3-6,11-12H,1-2H3. The molecule has 0 bridgehead atoms. The Morgan fingerprint density at radius 1 is 1.50 bits per heavy atom. The molecule has 1 unspecified atom stereocenters. The second kappa shape index (κ2) is 3.54. The summed E-state index contributed by atoms with van der Waals surface area (Å²) in [5.41, 5.74) is 1.12. The molecule has 12 heavy (non-hydrogen) atoms. The van der Waals surface area contributed by atoms with Crippen molar-refractivity contribution in [3.8, 4) is 0 Å². The van der Waals surface area contributed by atoms with Crippen molar-refractivity contribution in [3.63, 3.8) is 0 Å². The number of aliphatic hydroxyl groups is 1. The minimum absolute atomic E-state index is 0.321. The molecule has 3 heteroatoms. The van der Waals surface area contributed by atoms with Gasteiger partial charge >= 0.3 is 0 Å². The highest BCUT2D eigenvalue weighted by Crippen LogP contribution is 2.20. The van der Waals surface area contributed by atoms with Crippen LogP contribution in [0.1, 0.15) is 18.6 Å². The van der Waals surface area contributed by atoms with Gasteiger partial charge in [-0.1, -0.05) is 0 Å². The van der Waals surface area contributed by atoms with E-state index in [1.807, 2.05) is 0 Å². The predicted molar refractivity (Wildman–Crippen MR) is 46.6 cm³/mol. The van der Waals surface area contributed by atoms with Gasteiger partial charge in [0, 0.05) is 18.3 Å². The normalized spacial score (nSPS) is 12.7. The van der Waals surface area contributed by atoms with Gasteiger partial charge in [-0.3, -0.25) is 0 Å². The summed E-state index contributed by atoms with van der Waals surface area (Å²) in [6.07, 6.45) is -0.765. The first-order valence-electron chi connectivity index (χ1n) is 3.80. The Morgan fingerprint density at radius 3 is 2.67 bits per heavy atom. The van der Waals surface area contributed by atoms with Gasteiger partial charge in [-0.2, -0.15) is 0 Å². The molecule has 1 aromatic carbocycles. The van der Waals surface area contributed by atoms with E-state index in [1.165, 1.54) is 13.0 Å². The monoisotopic (exact) mass is 169 g/mol. The Kier molecular flexibility index (Phi) is 2.65. The van der Waals surface area contributed by atoms with Crippen molar-refractivity contribution >= 4 is 5.69 Å². The average Bonchev–Trinajstić information content (AvgIpc) is 2.05. The van der Waals surface area contributed by atoms with E-state index in [0.717, 1.165) is 5.69 Å². The van der Waals surface area contributed by atoms with Crippen LogP contribution in [-0.4, -0.2) is 12.2 Å². The molecular weight excluding hydrogens is 157 g/mol. The van der Waals surface area contributed by atoms with Gasteiger partial charge in [0.1, 0.15) is 5.82 Å². The minimum atomic E-state index is -0.765. The van der Waals surface area contributed by atoms with Crippen molar-refractivity contribution in [2.24, 2.45) is 0 Å². The summed E-state index contributed by atoms with van der Waals surface area (Å²) in [6, 6.07) is 4.56. The van der Waals surface area contributed by atoms with Crippen LogP contribution >= 0.6 is 0 Å². The molecular formula is C9H12FNO. The van der Waals surface area contributed by atoms with Crippen molar-refractivity contribution < 1.29 is 9.50 Å². The lowest BCUT2D eigenvalue weighted by atomic mass is 10.1. The van der Waals surface area contributed by atoms with Crippen LogP contribution in [0.15, 0.2) is 18.2 Å². The third kappa shape index (κ3) is 1.74. The molecule has 0 radical (unpaired) electrons. The van der Waals surface area contributed by atoms with E-state index >= 15 is 0 Å². The van der Waals surface area contributed by atoms with Gasteiger partial charge in [-0.05, 0) is 25.1 Å². The van der Waals surface area contributed by atoms with Crippen molar-refractivity contribution in [1.29, 1.82) is 0 Å². The van der Waals surface area contributed by atoms with E-state index in [1.54, 1.807) is 19.2 Å². The maximum atomic E-state index is 13.0. The number of nitrogens with one attached hydrogen (secondary N) is 1. The minimum Gasteiger partial charge on any atom is -0.389 e. The van der Waals surface area contributed by atoms with E-state index in [4.69, 9.17) is 5.11 Å². The molecule has 0 saturated heterocycles. The third-order valence-electron chi connectivity index (χ3n) is 1.73. The Bertz CT molecular complexity index is 273. The third-order valence-corrected chi connectivity index (χ3v) is 1.73. The number of rotatable bonds is 2. The predicted octanol–water partition coefficient (Wildman–Crippen LogP) is 1.92. The summed E-state index contributed by atoms with van der Waals surface area (Å²) in [4.78, 5) is 0. The molecule has 1 aromatic rings. The lowest BCUT2D eigenvalue weighted by Crippen LogP contribution is -1.97. The summed E-state index contributed by atoms with van der Waals surface area (Å²) in [5.74, 6) is -0.371. The van der Waals surface area contributed by atoms with E-state index in [9.17, 15) is 4.39 Å². The highest BCUT2D eigenvalue weighted by Gasteiger charge is 2.07. The Hall–Kier alpha value is -1.09. The van der Waals surface area contributed by atoms with Gasteiger partial charge < -0.3 is 10.4 Å². The van der Waals surface area contributed by atoms with E-state index in [2.05, 4.69) is 5.32 Å². The Labute approximate surface area is 71.0 Å². The molecule has 0 aliphatic rings. The summed E-state index contributed by atoms with van der Waals surface area (Å²) >= 11 is 0. The number of aliphatic hydroxyl groups excluding tert-OH is 1. The largest absolute Gasteiger partial charge is 0.389 e. The van der Waals surface area contributed by atoms with Gasteiger partial charge in [0.15, 0.2) is 0 Å². The second-order valence-corrected chi connectivity index (χ2v) is 2.66. The first kappa shape index (κ1) is 9.00. The van der Waals surface area contributed by atoms with E-state index in [-0.39, 0.29) is 5.82 Å². The maximum Gasteiger partial charge on any atom is 0.129 e. The molecule has 1 atom stereocenters. The number of hydrogen-bond donors (Lipinski definition) is 2. The van der Waals surface area contributed by atoms with Gasteiger partial charge in [-0.15, -0.1) is 0 Å². The fourth-order valence-electron chi connectivity index (χ4n) is 1.02. The summed E-state index contributed by atoms with van der Waals surface area (Å²) in [6.45, 7) is 1.54. The zero-order valence-electron chi connectivity index (χ0n) is 7.13. The highest BCUT2D eigenvalue weighted by molar-refractivity contribution is 5.46. The summed E-state index contributed by atoms with van der Waals surface area (Å²) < 4.78 is 13.0. The average molecular weight is 169 g/mol. The zero-order valence-corrected chi connectivity index (χ0v) is 7.13. The van der Waals surface area contributed by atoms with E-state index in [0.29, 0.717) is 5.56 Å². The molecule has 0 aliphatic heterocycles. The lowest BCUT2D eigenvalue weighted by Gasteiger charge is -2.08. The summed E-state index contributed by atoms with van der Waals surface area (Å²) in [5, 5.41) is 12.0. The molecule has 1 rings (SSSR count). The van der Waals surface area contributed by atoms with Crippen LogP contribution in [0, 0.1) is 5.82 Å². The fourth-order valence-corrected chi connectivity index (χ4v) is 1.02. The molecule has 0 heterocycles. The smallest absolute Gasteiger partial charge is 0.129 e. The highest BCUT2D eigenvalue weighted by atomic mass is 19.1. The van der Waals surface area contributed by atoms with Gasteiger partial charge in [0.05, 0.1) is 6.10 Å². The molecule has 0 aliphatic carbocycles. The summed E-state index contributed by atoms with van der Waals surface area (Å²) in [7, 11) is 1.75. The van der Waals surface area contributed by atoms with Crippen LogP contribution in [0.4, 0.5) is 10.1 Å². The Balaban J connectivity index is 3.08. The quantitative estimate of drug-likeness (QED) is 0.708. The van der Waals surface area contributed by atoms with Crippen molar-refractivity contribution in [2.45, 2.75) is 13.0 Å². The van der Waals surface area contributed by atoms with Gasteiger partial charge in [-0.25, -0.2) is 4.39 Å². The maximum absolute atomic E-state index is 13.0. The van der Waals surface area contributed by atoms with Crippen LogP contribution in [0.2, 0.25) is 0 Å². The van der Waals surface area contributed by atoms with Crippen LogP contribution < -0.4 is 5.32 Å².